The molecule has 0 atom stereocenters. The summed E-state index contributed by atoms with van der Waals surface area (Å²) in [6.07, 6.45) is 0.924. The molecule has 1 fully saturated rings. The van der Waals surface area contributed by atoms with Gasteiger partial charge in [0.1, 0.15) is 5.75 Å². The van der Waals surface area contributed by atoms with Gasteiger partial charge in [-0.1, -0.05) is 0 Å². The predicted molar refractivity (Wildman–Crippen MR) is 113 cm³/mol. The summed E-state index contributed by atoms with van der Waals surface area (Å²) in [6, 6.07) is 5.47. The fraction of sp³-hybridized carbons (Fsp3) is 0.500. The van der Waals surface area contributed by atoms with Gasteiger partial charge < -0.3 is 19.7 Å². The van der Waals surface area contributed by atoms with E-state index in [0.29, 0.717) is 17.9 Å². The highest BCUT2D eigenvalue weighted by atomic mass is 32.1. The molecule has 3 rings (SSSR count). The third-order valence-corrected chi connectivity index (χ3v) is 5.66. The number of rotatable bonds is 8. The lowest BCUT2D eigenvalue weighted by Gasteiger charge is -2.26. The Kier molecular flexibility index (Phi) is 7.24. The van der Waals surface area contributed by atoms with Crippen LogP contribution in [0.5, 0.6) is 5.75 Å². The molecule has 1 N–H and O–H groups in total. The van der Waals surface area contributed by atoms with Crippen LogP contribution in [0.2, 0.25) is 0 Å². The van der Waals surface area contributed by atoms with Crippen molar-refractivity contribution in [3.63, 3.8) is 0 Å². The number of carbonyl (C=O) groups is 1. The molecule has 0 radical (unpaired) electrons. The molecule has 2 heterocycles. The summed E-state index contributed by atoms with van der Waals surface area (Å²) < 4.78 is 10.8. The minimum absolute atomic E-state index is 0.0751. The van der Waals surface area contributed by atoms with E-state index in [1.54, 1.807) is 24.5 Å². The third kappa shape index (κ3) is 5.21. The molecule has 1 saturated heterocycles. The molecule has 0 unspecified atom stereocenters. The number of nitrogens with one attached hydrogen (secondary N) is 1. The number of amides is 1. The van der Waals surface area contributed by atoms with E-state index in [1.165, 1.54) is 0 Å². The van der Waals surface area contributed by atoms with Crippen LogP contribution in [-0.4, -0.2) is 76.4 Å². The molecule has 7 nitrogen and oxygen atoms in total. The van der Waals surface area contributed by atoms with Crippen LogP contribution in [0, 0.1) is 0 Å². The maximum absolute atomic E-state index is 12.6. The standard InChI is InChI=1S/C20H28N4O3S/c1-23(2)20-22-17(14-28-20)16-13-15(5-6-18(16)26-3)19(25)21-7-4-8-24-9-11-27-12-10-24/h5-6,13-14H,4,7-12H2,1-3H3,(H,21,25). The Labute approximate surface area is 170 Å². The van der Waals surface area contributed by atoms with Crippen LogP contribution in [0.15, 0.2) is 23.6 Å². The maximum atomic E-state index is 12.6. The van der Waals surface area contributed by atoms with Crippen LogP contribution < -0.4 is 15.0 Å². The Morgan fingerprint density at radius 3 is 2.82 bits per heavy atom. The Bertz CT molecular complexity index is 788. The van der Waals surface area contributed by atoms with Gasteiger partial charge >= 0.3 is 0 Å². The zero-order chi connectivity index (χ0) is 19.9. The number of hydrogen-bond donors (Lipinski definition) is 1. The van der Waals surface area contributed by atoms with E-state index in [2.05, 4.69) is 15.2 Å². The van der Waals surface area contributed by atoms with Gasteiger partial charge in [0.15, 0.2) is 5.13 Å². The summed E-state index contributed by atoms with van der Waals surface area (Å²) in [6.45, 7) is 5.17. The Hall–Kier alpha value is -2.16. The fourth-order valence-electron chi connectivity index (χ4n) is 3.07. The normalized spacial score (nSPS) is 14.7. The molecule has 2 aromatic rings. The van der Waals surface area contributed by atoms with Crippen molar-refractivity contribution in [3.05, 3.63) is 29.1 Å². The molecule has 0 spiro atoms. The molecule has 152 valence electrons. The Morgan fingerprint density at radius 1 is 1.36 bits per heavy atom. The quantitative estimate of drug-likeness (QED) is 0.681. The van der Waals surface area contributed by atoms with E-state index >= 15 is 0 Å². The van der Waals surface area contributed by atoms with Crippen molar-refractivity contribution in [2.75, 3.05) is 65.5 Å². The summed E-state index contributed by atoms with van der Waals surface area (Å²) in [5.41, 5.74) is 2.25. The van der Waals surface area contributed by atoms with Gasteiger partial charge in [0.2, 0.25) is 0 Å². The van der Waals surface area contributed by atoms with Crippen LogP contribution in [0.4, 0.5) is 5.13 Å². The number of thiazole rings is 1. The molecule has 1 amide bonds. The molecule has 28 heavy (non-hydrogen) atoms. The van der Waals surface area contributed by atoms with Crippen LogP contribution in [0.25, 0.3) is 11.3 Å². The molecule has 8 heteroatoms. The maximum Gasteiger partial charge on any atom is 0.251 e. The highest BCUT2D eigenvalue weighted by molar-refractivity contribution is 7.14. The minimum atomic E-state index is -0.0751. The largest absolute Gasteiger partial charge is 0.496 e. The minimum Gasteiger partial charge on any atom is -0.496 e. The van der Waals surface area contributed by atoms with Gasteiger partial charge in [0.05, 0.1) is 26.0 Å². The zero-order valence-corrected chi connectivity index (χ0v) is 17.6. The smallest absolute Gasteiger partial charge is 0.251 e. The van der Waals surface area contributed by atoms with Gasteiger partial charge in [0.25, 0.3) is 5.91 Å². The number of morpholine rings is 1. The molecule has 0 aliphatic carbocycles. The highest BCUT2D eigenvalue weighted by Crippen LogP contribution is 2.33. The molecule has 1 aliphatic rings. The second-order valence-electron chi connectivity index (χ2n) is 6.89. The summed E-state index contributed by atoms with van der Waals surface area (Å²) in [5, 5.41) is 5.91. The SMILES string of the molecule is COc1ccc(C(=O)NCCCN2CCOCC2)cc1-c1csc(N(C)C)n1. The first-order valence-electron chi connectivity index (χ1n) is 9.48. The molecular weight excluding hydrogens is 376 g/mol. The number of nitrogens with zero attached hydrogens (tertiary/aromatic N) is 3. The van der Waals surface area contributed by atoms with Gasteiger partial charge in [-0.15, -0.1) is 11.3 Å². The first-order valence-corrected chi connectivity index (χ1v) is 10.4. The Balaban J connectivity index is 1.62. The monoisotopic (exact) mass is 404 g/mol. The molecule has 1 aliphatic heterocycles. The lowest BCUT2D eigenvalue weighted by atomic mass is 10.1. The van der Waals surface area contributed by atoms with Gasteiger partial charge in [-0.3, -0.25) is 9.69 Å². The van der Waals surface area contributed by atoms with Crippen LogP contribution in [0.3, 0.4) is 0 Å². The van der Waals surface area contributed by atoms with E-state index in [1.807, 2.05) is 36.5 Å². The van der Waals surface area contributed by atoms with E-state index in [4.69, 9.17) is 9.47 Å². The molecule has 0 saturated carbocycles. The van der Waals surface area contributed by atoms with Crippen molar-refractivity contribution in [1.29, 1.82) is 0 Å². The van der Waals surface area contributed by atoms with Gasteiger partial charge in [-0.2, -0.15) is 0 Å². The number of carbonyl (C=O) groups excluding carboxylic acids is 1. The number of aromatic nitrogens is 1. The summed E-state index contributed by atoms with van der Waals surface area (Å²) >= 11 is 1.56. The van der Waals surface area contributed by atoms with Crippen molar-refractivity contribution in [3.8, 4) is 17.0 Å². The Morgan fingerprint density at radius 2 is 2.14 bits per heavy atom. The molecular formula is C20H28N4O3S. The average Bonchev–Trinajstić information content (AvgIpc) is 3.22. The van der Waals surface area contributed by atoms with Crippen LogP contribution in [-0.2, 0) is 4.74 Å². The van der Waals surface area contributed by atoms with E-state index in [0.717, 1.165) is 55.7 Å². The highest BCUT2D eigenvalue weighted by Gasteiger charge is 2.15. The lowest BCUT2D eigenvalue weighted by molar-refractivity contribution is 0.0374. The first-order chi connectivity index (χ1) is 13.6. The van der Waals surface area contributed by atoms with Crippen molar-refractivity contribution in [1.82, 2.24) is 15.2 Å². The van der Waals surface area contributed by atoms with Gasteiger partial charge in [-0.25, -0.2) is 4.98 Å². The zero-order valence-electron chi connectivity index (χ0n) is 16.7. The molecule has 0 bridgehead atoms. The second kappa shape index (κ2) is 9.86. The van der Waals surface area contributed by atoms with E-state index < -0.39 is 0 Å². The second-order valence-corrected chi connectivity index (χ2v) is 7.72. The van der Waals surface area contributed by atoms with Crippen molar-refractivity contribution in [2.45, 2.75) is 6.42 Å². The summed E-state index contributed by atoms with van der Waals surface area (Å²) in [5.74, 6) is 0.633. The van der Waals surface area contributed by atoms with Crippen molar-refractivity contribution < 1.29 is 14.3 Å². The van der Waals surface area contributed by atoms with Gasteiger partial charge in [0, 0.05) is 50.2 Å². The topological polar surface area (TPSA) is 66.9 Å². The van der Waals surface area contributed by atoms with Crippen molar-refractivity contribution in [2.24, 2.45) is 0 Å². The van der Waals surface area contributed by atoms with Crippen molar-refractivity contribution >= 4 is 22.4 Å². The summed E-state index contributed by atoms with van der Waals surface area (Å²) in [4.78, 5) is 21.5. The van der Waals surface area contributed by atoms with E-state index in [-0.39, 0.29) is 5.91 Å². The number of benzene rings is 1. The van der Waals surface area contributed by atoms with Crippen LogP contribution in [0.1, 0.15) is 16.8 Å². The fourth-order valence-corrected chi connectivity index (χ4v) is 3.83. The number of anilines is 1. The van der Waals surface area contributed by atoms with Gasteiger partial charge in [-0.05, 0) is 31.2 Å². The first kappa shape index (κ1) is 20.6. The number of methoxy groups -OCH3 is 1. The predicted octanol–water partition coefficient (Wildman–Crippen LogP) is 2.34. The summed E-state index contributed by atoms with van der Waals surface area (Å²) in [7, 11) is 5.55. The molecule has 1 aromatic heterocycles. The van der Waals surface area contributed by atoms with Crippen LogP contribution >= 0.6 is 11.3 Å². The lowest BCUT2D eigenvalue weighted by Crippen LogP contribution is -2.38. The molecule has 1 aromatic carbocycles. The van der Waals surface area contributed by atoms with E-state index in [9.17, 15) is 4.79 Å². The third-order valence-electron chi connectivity index (χ3n) is 4.65. The average molecular weight is 405 g/mol. The number of ether oxygens (including phenoxy) is 2. The number of hydrogen-bond acceptors (Lipinski definition) is 7.